The van der Waals surface area contributed by atoms with Gasteiger partial charge in [0.25, 0.3) is 0 Å². The molecule has 45 heavy (non-hydrogen) atoms. The first-order valence-electron chi connectivity index (χ1n) is 14.7. The van der Waals surface area contributed by atoms with Gasteiger partial charge in [-0.25, -0.2) is 0 Å². The molecule has 0 spiro atoms. The second-order valence-corrected chi connectivity index (χ2v) is 10.7. The summed E-state index contributed by atoms with van der Waals surface area (Å²) < 4.78 is 24.4. The molecule has 2 amide bonds. The molecule has 1 aliphatic rings. The third-order valence-corrected chi connectivity index (χ3v) is 8.01. The van der Waals surface area contributed by atoms with Crippen LogP contribution >= 0.6 is 0 Å². The van der Waals surface area contributed by atoms with Crippen LogP contribution in [0.2, 0.25) is 0 Å². The van der Waals surface area contributed by atoms with E-state index in [9.17, 15) is 14.4 Å². The maximum absolute atomic E-state index is 13.5. The number of amides is 2. The highest BCUT2D eigenvalue weighted by molar-refractivity contribution is 5.85. The normalized spacial score (nSPS) is 13.6. The summed E-state index contributed by atoms with van der Waals surface area (Å²) >= 11 is 0. The molecule has 0 saturated heterocycles. The Labute approximate surface area is 261 Å². The lowest BCUT2D eigenvalue weighted by atomic mass is 9.95. The third-order valence-electron chi connectivity index (χ3n) is 8.01. The van der Waals surface area contributed by atoms with E-state index in [-0.39, 0.29) is 29.5 Å². The number of fused-ring (bicyclic) bond motifs is 4. The van der Waals surface area contributed by atoms with Crippen molar-refractivity contribution in [2.75, 3.05) is 46.8 Å². The lowest BCUT2D eigenvalue weighted by molar-refractivity contribution is -0.120. The zero-order chi connectivity index (χ0) is 32.1. The van der Waals surface area contributed by atoms with Crippen molar-refractivity contribution in [1.29, 1.82) is 0 Å². The number of nitrogens with zero attached hydrogens (tertiary/aromatic N) is 1. The average Bonchev–Trinajstić information content (AvgIpc) is 3.29. The van der Waals surface area contributed by atoms with Crippen LogP contribution in [0, 0.1) is 0 Å². The van der Waals surface area contributed by atoms with Crippen LogP contribution in [-0.4, -0.2) is 57.9 Å². The molecule has 11 heteroatoms. The quantitative estimate of drug-likeness (QED) is 0.231. The molecular formula is C34H38N4O7. The number of ether oxygens (including phenoxy) is 4. The van der Waals surface area contributed by atoms with Crippen molar-refractivity contribution >= 4 is 28.4 Å². The zero-order valence-corrected chi connectivity index (χ0v) is 26.1. The fraction of sp³-hybridized carbons (Fsp3) is 0.324. The number of anilines is 1. The van der Waals surface area contributed by atoms with Crippen LogP contribution in [0.25, 0.3) is 22.0 Å². The van der Waals surface area contributed by atoms with E-state index in [1.54, 1.807) is 27.4 Å². The Bertz CT molecular complexity index is 1800. The van der Waals surface area contributed by atoms with Crippen molar-refractivity contribution < 1.29 is 28.5 Å². The monoisotopic (exact) mass is 614 g/mol. The molecule has 4 aromatic rings. The van der Waals surface area contributed by atoms with E-state index in [0.717, 1.165) is 27.8 Å². The molecule has 1 aliphatic carbocycles. The Kier molecular flexibility index (Phi) is 9.46. The molecule has 236 valence electrons. The predicted octanol–water partition coefficient (Wildman–Crippen LogP) is 4.05. The molecule has 11 nitrogen and oxygen atoms in total. The molecule has 0 radical (unpaired) electrons. The molecule has 3 aromatic carbocycles. The van der Waals surface area contributed by atoms with E-state index in [1.165, 1.54) is 20.1 Å². The van der Waals surface area contributed by atoms with Gasteiger partial charge >= 0.3 is 0 Å². The number of aromatic nitrogens is 1. The van der Waals surface area contributed by atoms with Gasteiger partial charge in [-0.2, -0.15) is 0 Å². The Morgan fingerprint density at radius 2 is 1.73 bits per heavy atom. The Hall–Kier alpha value is -5.19. The number of rotatable bonds is 11. The number of aryl methyl sites for hydroxylation is 1. The third kappa shape index (κ3) is 6.52. The summed E-state index contributed by atoms with van der Waals surface area (Å²) in [5.74, 6) is 1.76. The minimum Gasteiger partial charge on any atom is -0.497 e. The standard InChI is InChI=1S/C34H38N4O7/c1-20(39)37-26-9-6-22-17-30(43-3)33(44-4)34(45-5)32(22)24-8-10-27(29(40)18-25(24)26)36-19-31(41)35-13-15-38-14-12-21-16-23(42-2)7-11-28(21)38/h7-8,10-12,14,16-18,26H,6,9,13,15,19H2,1-5H3,(H,35,41)(H,36,40)(H,37,39). The first-order chi connectivity index (χ1) is 21.8. The van der Waals surface area contributed by atoms with Crippen LogP contribution in [0.1, 0.15) is 30.5 Å². The SMILES string of the molecule is COc1ccc2c(ccn2CCNC(=O)CNc2ccc3c(cc2=O)C(NC(C)=O)CCc2cc(OC)c(OC)c(OC)c2-3)c1. The Morgan fingerprint density at radius 1 is 0.933 bits per heavy atom. The van der Waals surface area contributed by atoms with E-state index in [2.05, 4.69) is 20.5 Å². The minimum atomic E-state index is -0.423. The topological polar surface area (TPSA) is 129 Å². The highest BCUT2D eigenvalue weighted by Crippen LogP contribution is 2.50. The maximum atomic E-state index is 13.5. The molecule has 1 aromatic heterocycles. The fourth-order valence-electron chi connectivity index (χ4n) is 5.91. The van der Waals surface area contributed by atoms with Gasteiger partial charge in [-0.1, -0.05) is 6.07 Å². The lowest BCUT2D eigenvalue weighted by Crippen LogP contribution is -2.33. The smallest absolute Gasteiger partial charge is 0.239 e. The van der Waals surface area contributed by atoms with Crippen molar-refractivity contribution in [2.45, 2.75) is 32.4 Å². The molecule has 3 N–H and O–H groups in total. The van der Waals surface area contributed by atoms with Crippen LogP contribution in [0.4, 0.5) is 5.69 Å². The van der Waals surface area contributed by atoms with Crippen molar-refractivity contribution in [3.05, 3.63) is 76.1 Å². The van der Waals surface area contributed by atoms with Crippen LogP contribution in [0.15, 0.2) is 59.5 Å². The summed E-state index contributed by atoms with van der Waals surface area (Å²) in [5.41, 5.74) is 4.04. The second kappa shape index (κ2) is 13.6. The van der Waals surface area contributed by atoms with Crippen molar-refractivity contribution in [1.82, 2.24) is 15.2 Å². The van der Waals surface area contributed by atoms with Gasteiger partial charge in [0, 0.05) is 42.7 Å². The van der Waals surface area contributed by atoms with Crippen LogP contribution in [0.3, 0.4) is 0 Å². The van der Waals surface area contributed by atoms with Crippen molar-refractivity contribution in [2.24, 2.45) is 0 Å². The molecule has 1 heterocycles. The largest absolute Gasteiger partial charge is 0.497 e. The van der Waals surface area contributed by atoms with Gasteiger partial charge in [-0.15, -0.1) is 0 Å². The van der Waals surface area contributed by atoms with Gasteiger partial charge in [0.2, 0.25) is 23.0 Å². The fourth-order valence-corrected chi connectivity index (χ4v) is 5.91. The maximum Gasteiger partial charge on any atom is 0.239 e. The average molecular weight is 615 g/mol. The van der Waals surface area contributed by atoms with E-state index in [1.807, 2.05) is 42.6 Å². The zero-order valence-electron chi connectivity index (χ0n) is 26.1. The summed E-state index contributed by atoms with van der Waals surface area (Å²) in [6, 6.07) is 14.3. The van der Waals surface area contributed by atoms with Gasteiger partial charge < -0.3 is 39.5 Å². The van der Waals surface area contributed by atoms with Crippen LogP contribution in [0.5, 0.6) is 23.0 Å². The number of hydrogen-bond donors (Lipinski definition) is 3. The van der Waals surface area contributed by atoms with Gasteiger partial charge in [0.15, 0.2) is 11.5 Å². The lowest BCUT2D eigenvalue weighted by Gasteiger charge is -2.19. The first-order valence-corrected chi connectivity index (χ1v) is 14.7. The summed E-state index contributed by atoms with van der Waals surface area (Å²) in [6.07, 6.45) is 3.12. The molecule has 1 unspecified atom stereocenters. The number of hydrogen-bond acceptors (Lipinski definition) is 8. The molecule has 1 atom stereocenters. The van der Waals surface area contributed by atoms with Crippen LogP contribution < -0.4 is 40.3 Å². The first kappa shape index (κ1) is 31.2. The highest BCUT2D eigenvalue weighted by atomic mass is 16.5. The summed E-state index contributed by atoms with van der Waals surface area (Å²) in [5, 5.41) is 9.96. The van der Waals surface area contributed by atoms with Gasteiger partial charge in [-0.3, -0.25) is 14.4 Å². The summed E-state index contributed by atoms with van der Waals surface area (Å²) in [6.45, 7) is 2.36. The Morgan fingerprint density at radius 3 is 2.44 bits per heavy atom. The molecule has 5 rings (SSSR count). The highest BCUT2D eigenvalue weighted by Gasteiger charge is 2.29. The van der Waals surface area contributed by atoms with E-state index in [4.69, 9.17) is 18.9 Å². The molecule has 0 saturated carbocycles. The van der Waals surface area contributed by atoms with E-state index in [0.29, 0.717) is 54.3 Å². The number of carbonyl (C=O) groups is 2. The van der Waals surface area contributed by atoms with Gasteiger partial charge in [0.1, 0.15) is 5.75 Å². The second-order valence-electron chi connectivity index (χ2n) is 10.7. The molecule has 0 aliphatic heterocycles. The van der Waals surface area contributed by atoms with Gasteiger partial charge in [-0.05, 0) is 72.0 Å². The number of benzene rings is 2. The van der Waals surface area contributed by atoms with E-state index < -0.39 is 6.04 Å². The summed E-state index contributed by atoms with van der Waals surface area (Å²) in [4.78, 5) is 38.4. The minimum absolute atomic E-state index is 0.0897. The Balaban J connectivity index is 1.38. The number of nitrogens with one attached hydrogen (secondary N) is 3. The molecule has 0 bridgehead atoms. The van der Waals surface area contributed by atoms with Crippen LogP contribution in [-0.2, 0) is 22.6 Å². The number of carbonyl (C=O) groups excluding carboxylic acids is 2. The van der Waals surface area contributed by atoms with Crippen molar-refractivity contribution in [3.8, 4) is 34.1 Å². The van der Waals surface area contributed by atoms with E-state index >= 15 is 0 Å². The van der Waals surface area contributed by atoms with Gasteiger partial charge in [0.05, 0.1) is 46.7 Å². The summed E-state index contributed by atoms with van der Waals surface area (Å²) in [7, 11) is 6.29. The van der Waals surface area contributed by atoms with Crippen molar-refractivity contribution in [3.63, 3.8) is 0 Å². The predicted molar refractivity (Wildman–Crippen MR) is 173 cm³/mol. The number of methoxy groups -OCH3 is 4. The molecular weight excluding hydrogens is 576 g/mol. The molecule has 0 fully saturated rings.